The number of halogens is 1. The summed E-state index contributed by atoms with van der Waals surface area (Å²) < 4.78 is 20.9. The van der Waals surface area contributed by atoms with E-state index in [2.05, 4.69) is 30.2 Å². The number of fused-ring (bicyclic) bond motifs is 3. The summed E-state index contributed by atoms with van der Waals surface area (Å²) in [6, 6.07) is 2.58. The molecule has 1 atom stereocenters. The molecule has 1 aromatic carbocycles. The van der Waals surface area contributed by atoms with Crippen LogP contribution in [0.15, 0.2) is 24.5 Å². The number of carbonyl (C=O) groups excluding carboxylic acids is 2. The third kappa shape index (κ3) is 4.44. The van der Waals surface area contributed by atoms with Crippen LogP contribution in [0.2, 0.25) is 0 Å². The number of H-pyrrole nitrogens is 1. The van der Waals surface area contributed by atoms with Crippen molar-refractivity contribution in [2.45, 2.75) is 25.8 Å². The van der Waals surface area contributed by atoms with E-state index in [0.29, 0.717) is 58.1 Å². The second-order valence-electron chi connectivity index (χ2n) is 10.3. The van der Waals surface area contributed by atoms with E-state index in [0.717, 1.165) is 12.8 Å². The van der Waals surface area contributed by atoms with Gasteiger partial charge in [0.25, 0.3) is 0 Å². The number of hydrogen-bond donors (Lipinski definition) is 4. The number of aromatic nitrogens is 5. The highest BCUT2D eigenvalue weighted by molar-refractivity contribution is 6.16. The van der Waals surface area contributed by atoms with Crippen LogP contribution in [0.1, 0.15) is 18.7 Å². The fourth-order valence-electron chi connectivity index (χ4n) is 5.41. The van der Waals surface area contributed by atoms with Gasteiger partial charge in [0.2, 0.25) is 11.8 Å². The highest BCUT2D eigenvalue weighted by Gasteiger charge is 2.56. The molecule has 1 saturated carbocycles. The van der Waals surface area contributed by atoms with Gasteiger partial charge in [0.05, 0.1) is 48.1 Å². The van der Waals surface area contributed by atoms with E-state index in [1.165, 1.54) is 36.5 Å². The molecular weight excluding hydrogens is 519 g/mol. The molecule has 208 valence electrons. The lowest BCUT2D eigenvalue weighted by molar-refractivity contribution is -0.120. The lowest BCUT2D eigenvalue weighted by atomic mass is 10.0. The number of aryl methyl sites for hydroxylation is 1. The zero-order chi connectivity index (χ0) is 28.2. The number of carbonyl (C=O) groups is 2. The maximum atomic E-state index is 15.0. The number of likely N-dealkylation sites (N-methyl/N-ethyl adjacent to an activating group) is 1. The number of nitrogens with two attached hydrogens (primary N) is 2. The van der Waals surface area contributed by atoms with Crippen molar-refractivity contribution in [3.8, 4) is 11.8 Å². The third-order valence-electron chi connectivity index (χ3n) is 7.70. The summed E-state index contributed by atoms with van der Waals surface area (Å²) in [7, 11) is 1.54. The largest absolute Gasteiger partial charge is 0.421 e. The molecule has 4 aromatic rings. The Hall–Kier alpha value is -4.43. The molecular formula is C26H29FN10O3. The Bertz CT molecular complexity index is 1640. The van der Waals surface area contributed by atoms with Gasteiger partial charge >= 0.3 is 6.01 Å². The van der Waals surface area contributed by atoms with Crippen LogP contribution < -0.4 is 31.3 Å². The minimum Gasteiger partial charge on any atom is -0.421 e. The lowest BCUT2D eigenvalue weighted by Crippen LogP contribution is -2.44. The second-order valence-corrected chi connectivity index (χ2v) is 10.3. The molecule has 1 saturated heterocycles. The summed E-state index contributed by atoms with van der Waals surface area (Å²) in [6.45, 7) is 2.54. The smallest absolute Gasteiger partial charge is 0.326 e. The zero-order valence-corrected chi connectivity index (χ0v) is 22.1. The van der Waals surface area contributed by atoms with Crippen LogP contribution in [-0.4, -0.2) is 76.0 Å². The Morgan fingerprint density at radius 1 is 1.23 bits per heavy atom. The molecule has 1 spiro atoms. The molecule has 3 aromatic heterocycles. The predicted octanol–water partition coefficient (Wildman–Crippen LogP) is 1.11. The molecule has 2 aliphatic rings. The fraction of sp³-hybridized carbons (Fsp3) is 0.385. The number of rotatable bonds is 7. The van der Waals surface area contributed by atoms with Crippen LogP contribution in [-0.2, 0) is 9.59 Å². The average Bonchev–Trinajstić information content (AvgIpc) is 3.51. The Morgan fingerprint density at radius 3 is 2.65 bits per heavy atom. The number of benzene rings is 1. The van der Waals surface area contributed by atoms with Gasteiger partial charge in [-0.1, -0.05) is 0 Å². The Labute approximate surface area is 228 Å². The van der Waals surface area contributed by atoms with Gasteiger partial charge in [-0.2, -0.15) is 9.97 Å². The Kier molecular flexibility index (Phi) is 6.22. The van der Waals surface area contributed by atoms with E-state index >= 15 is 0 Å². The molecule has 2 amide bonds. The van der Waals surface area contributed by atoms with Crippen molar-refractivity contribution in [2.24, 2.45) is 16.9 Å². The normalized spacial score (nSPS) is 17.5. The van der Waals surface area contributed by atoms with Gasteiger partial charge in [-0.25, -0.2) is 14.4 Å². The van der Waals surface area contributed by atoms with Crippen molar-refractivity contribution in [1.29, 1.82) is 0 Å². The number of nitrogens with zero attached hydrogens (tertiary/aromatic N) is 6. The maximum Gasteiger partial charge on any atom is 0.326 e. The van der Waals surface area contributed by atoms with Gasteiger partial charge in [0, 0.05) is 30.9 Å². The van der Waals surface area contributed by atoms with Crippen molar-refractivity contribution in [3.05, 3.63) is 36.2 Å². The Morgan fingerprint density at radius 2 is 1.98 bits per heavy atom. The first-order chi connectivity index (χ1) is 19.2. The van der Waals surface area contributed by atoms with E-state index in [1.807, 2.05) is 0 Å². The van der Waals surface area contributed by atoms with Crippen molar-refractivity contribution in [3.63, 3.8) is 0 Å². The van der Waals surface area contributed by atoms with E-state index in [4.69, 9.17) is 21.2 Å². The summed E-state index contributed by atoms with van der Waals surface area (Å²) in [5.74, 6) is 0.314. The third-order valence-corrected chi connectivity index (χ3v) is 7.70. The predicted molar refractivity (Wildman–Crippen MR) is 146 cm³/mol. The van der Waals surface area contributed by atoms with E-state index in [1.54, 1.807) is 6.92 Å². The van der Waals surface area contributed by atoms with Gasteiger partial charge in [-0.3, -0.25) is 9.59 Å². The van der Waals surface area contributed by atoms with Gasteiger partial charge in [-0.05, 0) is 31.9 Å². The molecule has 6 rings (SSSR count). The molecule has 6 N–H and O–H groups in total. The average molecular weight is 549 g/mol. The zero-order valence-electron chi connectivity index (χ0n) is 22.1. The topological polar surface area (TPSA) is 181 Å². The SMILES string of the molecule is Cc1ncc(Oc2nc(N3C[C@H](NC(=O)CN)C4(CC4)C3)c3c(n2)[nH]c2c(N(C)C(=O)CN)cc(F)cc23)cn1. The number of hydrogen-bond acceptors (Lipinski definition) is 10. The molecule has 0 bridgehead atoms. The maximum absolute atomic E-state index is 15.0. The first-order valence-electron chi connectivity index (χ1n) is 12.9. The van der Waals surface area contributed by atoms with Gasteiger partial charge in [0.1, 0.15) is 23.1 Å². The van der Waals surface area contributed by atoms with Crippen LogP contribution in [0.5, 0.6) is 11.8 Å². The van der Waals surface area contributed by atoms with E-state index < -0.39 is 5.82 Å². The minimum atomic E-state index is -0.531. The fourth-order valence-corrected chi connectivity index (χ4v) is 5.41. The van der Waals surface area contributed by atoms with Gasteiger partial charge in [0.15, 0.2) is 5.75 Å². The van der Waals surface area contributed by atoms with Crippen LogP contribution >= 0.6 is 0 Å². The summed E-state index contributed by atoms with van der Waals surface area (Å²) in [4.78, 5) is 48.9. The summed E-state index contributed by atoms with van der Waals surface area (Å²) in [6.07, 6.45) is 4.95. The molecule has 40 heavy (non-hydrogen) atoms. The lowest BCUT2D eigenvalue weighted by Gasteiger charge is -2.20. The molecule has 0 unspecified atom stereocenters. The first kappa shape index (κ1) is 25.8. The monoisotopic (exact) mass is 548 g/mol. The van der Waals surface area contributed by atoms with Crippen molar-refractivity contribution in [2.75, 3.05) is 43.0 Å². The summed E-state index contributed by atoms with van der Waals surface area (Å²) in [5.41, 5.74) is 12.3. The first-order valence-corrected chi connectivity index (χ1v) is 12.9. The quantitative estimate of drug-likeness (QED) is 0.261. The van der Waals surface area contributed by atoms with E-state index in [-0.39, 0.29) is 42.4 Å². The summed E-state index contributed by atoms with van der Waals surface area (Å²) >= 11 is 0. The van der Waals surface area contributed by atoms with Crippen molar-refractivity contribution in [1.82, 2.24) is 30.2 Å². The highest BCUT2D eigenvalue weighted by atomic mass is 19.1. The number of amides is 2. The second kappa shape index (κ2) is 9.64. The molecule has 14 heteroatoms. The van der Waals surface area contributed by atoms with Gasteiger partial charge < -0.3 is 36.3 Å². The van der Waals surface area contributed by atoms with Crippen LogP contribution in [0.4, 0.5) is 15.9 Å². The number of nitrogens with one attached hydrogen (secondary N) is 2. The molecule has 0 radical (unpaired) electrons. The van der Waals surface area contributed by atoms with Crippen LogP contribution in [0.25, 0.3) is 21.9 Å². The molecule has 2 fully saturated rings. The van der Waals surface area contributed by atoms with Crippen LogP contribution in [0.3, 0.4) is 0 Å². The molecule has 13 nitrogen and oxygen atoms in total. The van der Waals surface area contributed by atoms with Crippen LogP contribution in [0, 0.1) is 18.2 Å². The number of anilines is 2. The highest BCUT2D eigenvalue weighted by Crippen LogP contribution is 2.54. The molecule has 1 aliphatic carbocycles. The summed E-state index contributed by atoms with van der Waals surface area (Å²) in [5, 5.41) is 4.12. The number of ether oxygens (including phenoxy) is 1. The molecule has 4 heterocycles. The van der Waals surface area contributed by atoms with Crippen molar-refractivity contribution < 1.29 is 18.7 Å². The van der Waals surface area contributed by atoms with E-state index in [9.17, 15) is 14.0 Å². The Balaban J connectivity index is 1.51. The standard InChI is InChI=1S/C26H29FN10O3/c1-13-30-9-15(10-31-13)40-25-34-23-21(16-5-14(27)6-17(22(16)33-23)36(2)20(39)8-29)24(35-25)37-11-18(32-19(38)7-28)26(12-37)3-4-26/h5-6,9-10,18H,3-4,7-8,11-12,28-29H2,1-2H3,(H,32,38)(H,33,34,35)/t18-/m0/s1. The number of aromatic amines is 1. The molecule has 1 aliphatic heterocycles. The van der Waals surface area contributed by atoms with Crippen molar-refractivity contribution >= 4 is 45.3 Å². The van der Waals surface area contributed by atoms with Gasteiger partial charge in [-0.15, -0.1) is 0 Å². The minimum absolute atomic E-state index is 0.0363.